The molecule has 0 aromatic carbocycles. The van der Waals surface area contributed by atoms with E-state index in [-0.39, 0.29) is 5.92 Å². The number of hydrogen-bond acceptors (Lipinski definition) is 6. The van der Waals surface area contributed by atoms with Gasteiger partial charge in [0, 0.05) is 38.4 Å². The van der Waals surface area contributed by atoms with Gasteiger partial charge in [-0.05, 0) is 29.8 Å². The van der Waals surface area contributed by atoms with Crippen LogP contribution in [0.1, 0.15) is 28.6 Å². The van der Waals surface area contributed by atoms with Crippen LogP contribution in [0.5, 0.6) is 0 Å². The number of furan rings is 1. The van der Waals surface area contributed by atoms with Crippen molar-refractivity contribution >= 4 is 0 Å². The predicted molar refractivity (Wildman–Crippen MR) is 90.5 cm³/mol. The van der Waals surface area contributed by atoms with Crippen LogP contribution in [0.2, 0.25) is 0 Å². The van der Waals surface area contributed by atoms with Gasteiger partial charge in [-0.2, -0.15) is 0 Å². The van der Waals surface area contributed by atoms with Crippen LogP contribution in [-0.4, -0.2) is 38.0 Å². The topological polar surface area (TPSA) is 69.2 Å². The Labute approximate surface area is 146 Å². The Hall–Kier alpha value is -2.51. The number of ether oxygens (including phenoxy) is 1. The second-order valence-corrected chi connectivity index (χ2v) is 6.36. The lowest BCUT2D eigenvalue weighted by Gasteiger charge is -2.31. The maximum Gasteiger partial charge on any atom is 0.117 e. The van der Waals surface area contributed by atoms with Crippen molar-refractivity contribution in [2.75, 3.05) is 13.2 Å². The molecular weight excluding hydrogens is 318 g/mol. The maximum absolute atomic E-state index is 5.98. The molecule has 4 heterocycles. The van der Waals surface area contributed by atoms with Gasteiger partial charge in [-0.3, -0.25) is 14.6 Å². The van der Waals surface area contributed by atoms with E-state index in [1.165, 1.54) is 5.69 Å². The van der Waals surface area contributed by atoms with E-state index >= 15 is 0 Å². The normalized spacial score (nSPS) is 17.6. The molecule has 4 rings (SSSR count). The summed E-state index contributed by atoms with van der Waals surface area (Å²) in [5.41, 5.74) is 3.32. The largest absolute Gasteiger partial charge is 0.468 e. The zero-order chi connectivity index (χ0) is 17.1. The van der Waals surface area contributed by atoms with Gasteiger partial charge in [-0.1, -0.05) is 5.21 Å². The van der Waals surface area contributed by atoms with E-state index in [2.05, 4.69) is 20.2 Å². The van der Waals surface area contributed by atoms with E-state index in [0.717, 1.165) is 36.7 Å². The molecule has 7 heteroatoms. The average Bonchev–Trinajstić information content (AvgIpc) is 3.26. The monoisotopic (exact) mass is 339 g/mol. The SMILES string of the molecule is Cn1nnc2c1[C@@H](COCc1ccncc1)CN(Cc1ccco1)C2. The van der Waals surface area contributed by atoms with Gasteiger partial charge in [0.2, 0.25) is 0 Å². The van der Waals surface area contributed by atoms with Crippen LogP contribution in [0.15, 0.2) is 47.3 Å². The van der Waals surface area contributed by atoms with Gasteiger partial charge in [0.25, 0.3) is 0 Å². The van der Waals surface area contributed by atoms with Crippen LogP contribution in [-0.2, 0) is 31.5 Å². The Morgan fingerprint density at radius 3 is 2.96 bits per heavy atom. The number of nitrogens with zero attached hydrogens (tertiary/aromatic N) is 5. The van der Waals surface area contributed by atoms with Gasteiger partial charge in [-0.15, -0.1) is 5.10 Å². The first-order valence-electron chi connectivity index (χ1n) is 8.39. The lowest BCUT2D eigenvalue weighted by molar-refractivity contribution is 0.0813. The summed E-state index contributed by atoms with van der Waals surface area (Å²) in [6.07, 6.45) is 5.28. The molecule has 25 heavy (non-hydrogen) atoms. The molecule has 3 aromatic rings. The van der Waals surface area contributed by atoms with Crippen molar-refractivity contribution in [1.29, 1.82) is 0 Å². The molecule has 0 amide bonds. The van der Waals surface area contributed by atoms with Crippen molar-refractivity contribution in [2.45, 2.75) is 25.6 Å². The van der Waals surface area contributed by atoms with Gasteiger partial charge in [0.15, 0.2) is 0 Å². The summed E-state index contributed by atoms with van der Waals surface area (Å²) < 4.78 is 13.3. The van der Waals surface area contributed by atoms with Crippen molar-refractivity contribution < 1.29 is 9.15 Å². The molecule has 1 aliphatic rings. The number of aryl methyl sites for hydroxylation is 1. The van der Waals surface area contributed by atoms with Crippen molar-refractivity contribution in [1.82, 2.24) is 24.9 Å². The predicted octanol–water partition coefficient (Wildman–Crippen LogP) is 2.12. The number of pyridine rings is 1. The Morgan fingerprint density at radius 1 is 1.28 bits per heavy atom. The summed E-state index contributed by atoms with van der Waals surface area (Å²) in [5.74, 6) is 1.20. The highest BCUT2D eigenvalue weighted by atomic mass is 16.5. The van der Waals surface area contributed by atoms with Crippen molar-refractivity contribution in [3.63, 3.8) is 0 Å². The lowest BCUT2D eigenvalue weighted by atomic mass is 9.99. The molecule has 0 bridgehead atoms. The highest BCUT2D eigenvalue weighted by Gasteiger charge is 2.30. The molecule has 0 saturated heterocycles. The second kappa shape index (κ2) is 7.16. The minimum atomic E-state index is 0.237. The van der Waals surface area contributed by atoms with Gasteiger partial charge < -0.3 is 9.15 Å². The van der Waals surface area contributed by atoms with Crippen molar-refractivity contribution in [3.05, 3.63) is 65.6 Å². The van der Waals surface area contributed by atoms with E-state index < -0.39 is 0 Å². The van der Waals surface area contributed by atoms with Crippen LogP contribution in [0.4, 0.5) is 0 Å². The van der Waals surface area contributed by atoms with Gasteiger partial charge in [0.1, 0.15) is 11.5 Å². The minimum absolute atomic E-state index is 0.237. The number of hydrogen-bond donors (Lipinski definition) is 0. The molecular formula is C18H21N5O2. The summed E-state index contributed by atoms with van der Waals surface area (Å²) in [4.78, 5) is 6.36. The molecule has 1 aliphatic heterocycles. The third kappa shape index (κ3) is 3.62. The minimum Gasteiger partial charge on any atom is -0.468 e. The van der Waals surface area contributed by atoms with E-state index in [9.17, 15) is 0 Å². The maximum atomic E-state index is 5.98. The summed E-state index contributed by atoms with van der Waals surface area (Å²) in [6, 6.07) is 7.87. The molecule has 130 valence electrons. The molecule has 0 N–H and O–H groups in total. The van der Waals surface area contributed by atoms with E-state index in [0.29, 0.717) is 13.2 Å². The molecule has 0 radical (unpaired) electrons. The standard InChI is InChI=1S/C18H21N5O2/c1-22-18-15(13-24-12-14-4-6-19-7-5-14)9-23(11-17(18)20-21-22)10-16-3-2-8-25-16/h2-8,15H,9-13H2,1H3/t15-/m1/s1. The molecule has 0 aliphatic carbocycles. The highest BCUT2D eigenvalue weighted by Crippen LogP contribution is 2.28. The summed E-state index contributed by atoms with van der Waals surface area (Å²) >= 11 is 0. The van der Waals surface area contributed by atoms with Gasteiger partial charge >= 0.3 is 0 Å². The number of aromatic nitrogens is 4. The average molecular weight is 339 g/mol. The second-order valence-electron chi connectivity index (χ2n) is 6.36. The lowest BCUT2D eigenvalue weighted by Crippen LogP contribution is -2.35. The molecule has 7 nitrogen and oxygen atoms in total. The fourth-order valence-electron chi connectivity index (χ4n) is 3.37. The van der Waals surface area contributed by atoms with Crippen LogP contribution >= 0.6 is 0 Å². The van der Waals surface area contributed by atoms with E-state index in [1.807, 2.05) is 36.0 Å². The molecule has 0 fully saturated rings. The Balaban J connectivity index is 1.44. The number of fused-ring (bicyclic) bond motifs is 1. The smallest absolute Gasteiger partial charge is 0.117 e. The number of rotatable bonds is 6. The van der Waals surface area contributed by atoms with Gasteiger partial charge in [0.05, 0.1) is 31.7 Å². The first-order valence-corrected chi connectivity index (χ1v) is 8.39. The zero-order valence-corrected chi connectivity index (χ0v) is 14.2. The van der Waals surface area contributed by atoms with E-state index in [1.54, 1.807) is 18.7 Å². The van der Waals surface area contributed by atoms with E-state index in [4.69, 9.17) is 9.15 Å². The summed E-state index contributed by atoms with van der Waals surface area (Å²) in [6.45, 7) is 3.66. The first kappa shape index (κ1) is 16.0. The molecule has 0 unspecified atom stereocenters. The zero-order valence-electron chi connectivity index (χ0n) is 14.2. The fourth-order valence-corrected chi connectivity index (χ4v) is 3.37. The summed E-state index contributed by atoms with van der Waals surface area (Å²) in [7, 11) is 1.95. The Bertz CT molecular complexity index is 800. The van der Waals surface area contributed by atoms with Gasteiger partial charge in [-0.25, -0.2) is 0 Å². The first-order chi connectivity index (χ1) is 12.3. The third-order valence-electron chi connectivity index (χ3n) is 4.48. The fraction of sp³-hybridized carbons (Fsp3) is 0.389. The molecule has 0 spiro atoms. The van der Waals surface area contributed by atoms with Crippen molar-refractivity contribution in [3.8, 4) is 0 Å². The Morgan fingerprint density at radius 2 is 2.16 bits per heavy atom. The summed E-state index contributed by atoms with van der Waals surface area (Å²) in [5, 5.41) is 8.53. The molecule has 1 atom stereocenters. The third-order valence-corrected chi connectivity index (χ3v) is 4.48. The Kier molecular flexibility index (Phi) is 4.58. The van der Waals surface area contributed by atoms with Crippen molar-refractivity contribution in [2.24, 2.45) is 7.05 Å². The van der Waals surface area contributed by atoms with Crippen LogP contribution < -0.4 is 0 Å². The molecule has 3 aromatic heterocycles. The van der Waals surface area contributed by atoms with Crippen LogP contribution in [0.3, 0.4) is 0 Å². The van der Waals surface area contributed by atoms with Crippen LogP contribution in [0, 0.1) is 0 Å². The quantitative estimate of drug-likeness (QED) is 0.685. The highest BCUT2D eigenvalue weighted by molar-refractivity contribution is 5.20. The van der Waals surface area contributed by atoms with Crippen LogP contribution in [0.25, 0.3) is 0 Å². The molecule has 0 saturated carbocycles.